The number of carbonyl (C=O) groups excluding carboxylic acids is 4. The first-order valence-corrected chi connectivity index (χ1v) is 13.4. The van der Waals surface area contributed by atoms with Gasteiger partial charge in [0.25, 0.3) is 0 Å². The third kappa shape index (κ3) is 12.2. The van der Waals surface area contributed by atoms with Crippen molar-refractivity contribution in [3.05, 3.63) is 23.8 Å². The van der Waals surface area contributed by atoms with E-state index in [9.17, 15) is 19.2 Å². The molecule has 0 spiro atoms. The van der Waals surface area contributed by atoms with Gasteiger partial charge in [-0.3, -0.25) is 9.59 Å². The predicted molar refractivity (Wildman–Crippen MR) is 147 cm³/mol. The summed E-state index contributed by atoms with van der Waals surface area (Å²) in [6.45, 7) is 17.2. The molecule has 11 nitrogen and oxygen atoms in total. The largest absolute Gasteiger partial charge is 0.514 e. The third-order valence-electron chi connectivity index (χ3n) is 5.96. The Morgan fingerprint density at radius 3 is 1.80 bits per heavy atom. The molecule has 1 rings (SSSR count). The van der Waals surface area contributed by atoms with Crippen LogP contribution in [0.15, 0.2) is 18.2 Å². The van der Waals surface area contributed by atoms with Crippen LogP contribution in [0.25, 0.3) is 0 Å². The predicted octanol–water partition coefficient (Wildman–Crippen LogP) is 5.49. The number of carbonyl (C=O) groups is 4. The summed E-state index contributed by atoms with van der Waals surface area (Å²) >= 11 is 0. The molecule has 0 fully saturated rings. The van der Waals surface area contributed by atoms with Crippen LogP contribution in [0.4, 0.5) is 9.59 Å². The molecule has 2 N–H and O–H groups in total. The first-order chi connectivity index (χ1) is 18.3. The zero-order chi connectivity index (χ0) is 30.9. The fourth-order valence-electron chi connectivity index (χ4n) is 2.70. The molecule has 0 bridgehead atoms. The molecule has 1 aromatic rings. The van der Waals surface area contributed by atoms with Gasteiger partial charge in [-0.2, -0.15) is 0 Å². The van der Waals surface area contributed by atoms with Gasteiger partial charge in [0, 0.05) is 0 Å². The van der Waals surface area contributed by atoms with E-state index in [1.807, 2.05) is 13.8 Å². The quantitative estimate of drug-likeness (QED) is 0.194. The van der Waals surface area contributed by atoms with Gasteiger partial charge in [0.1, 0.15) is 30.0 Å². The minimum absolute atomic E-state index is 0.00838. The summed E-state index contributed by atoms with van der Waals surface area (Å²) in [4.78, 5) is 49.3. The van der Waals surface area contributed by atoms with Crippen LogP contribution < -0.4 is 15.2 Å². The third-order valence-corrected chi connectivity index (χ3v) is 5.96. The Labute approximate surface area is 236 Å². The van der Waals surface area contributed by atoms with Crippen molar-refractivity contribution < 1.29 is 47.6 Å². The van der Waals surface area contributed by atoms with E-state index < -0.39 is 53.0 Å². The number of rotatable bonds is 12. The summed E-state index contributed by atoms with van der Waals surface area (Å²) in [6, 6.07) is 3.29. The summed E-state index contributed by atoms with van der Waals surface area (Å²) in [5.41, 5.74) is 4.29. The van der Waals surface area contributed by atoms with Crippen LogP contribution in [0.5, 0.6) is 11.5 Å². The van der Waals surface area contributed by atoms with Gasteiger partial charge >= 0.3 is 24.2 Å². The van der Waals surface area contributed by atoms with Gasteiger partial charge in [-0.15, -0.1) is 0 Å². The van der Waals surface area contributed by atoms with E-state index in [4.69, 9.17) is 34.2 Å². The van der Waals surface area contributed by atoms with Crippen molar-refractivity contribution in [3.63, 3.8) is 0 Å². The number of esters is 2. The van der Waals surface area contributed by atoms with Crippen LogP contribution in [0.3, 0.4) is 0 Å². The first kappa shape index (κ1) is 34.7. The number of hydrogen-bond donors (Lipinski definition) is 1. The van der Waals surface area contributed by atoms with Crippen molar-refractivity contribution in [1.29, 1.82) is 0 Å². The Morgan fingerprint density at radius 2 is 1.32 bits per heavy atom. The summed E-state index contributed by atoms with van der Waals surface area (Å²) in [7, 11) is 0. The van der Waals surface area contributed by atoms with Gasteiger partial charge in [-0.25, -0.2) is 9.59 Å². The maximum atomic E-state index is 12.5. The van der Waals surface area contributed by atoms with Gasteiger partial charge in [0.15, 0.2) is 11.5 Å². The molecule has 0 aromatic heterocycles. The van der Waals surface area contributed by atoms with E-state index in [0.717, 1.165) is 0 Å². The highest BCUT2D eigenvalue weighted by molar-refractivity contribution is 5.77. The van der Waals surface area contributed by atoms with Crippen LogP contribution in [0.1, 0.15) is 87.6 Å². The lowest BCUT2D eigenvalue weighted by Crippen LogP contribution is -2.37. The monoisotopic (exact) mass is 567 g/mol. The molecule has 1 aromatic carbocycles. The molecule has 0 aliphatic carbocycles. The topological polar surface area (TPSA) is 150 Å². The molecule has 40 heavy (non-hydrogen) atoms. The van der Waals surface area contributed by atoms with Gasteiger partial charge in [0.05, 0.1) is 5.41 Å². The van der Waals surface area contributed by atoms with Crippen LogP contribution in [-0.2, 0) is 35.0 Å². The number of hydrogen-bond acceptors (Lipinski definition) is 11. The van der Waals surface area contributed by atoms with Crippen LogP contribution in [-0.4, -0.2) is 54.2 Å². The highest BCUT2D eigenvalue weighted by atomic mass is 16.8. The van der Waals surface area contributed by atoms with Crippen molar-refractivity contribution in [2.75, 3.05) is 6.61 Å². The highest BCUT2D eigenvalue weighted by Crippen LogP contribution is 2.31. The zero-order valence-corrected chi connectivity index (χ0v) is 25.4. The van der Waals surface area contributed by atoms with E-state index in [-0.39, 0.29) is 24.5 Å². The van der Waals surface area contributed by atoms with Gasteiger partial charge in [-0.1, -0.05) is 19.9 Å². The van der Waals surface area contributed by atoms with E-state index in [0.29, 0.717) is 18.4 Å². The van der Waals surface area contributed by atoms with Crippen LogP contribution in [0, 0.1) is 5.41 Å². The number of nitrogens with two attached hydrogens (primary N) is 1. The second-order valence-electron chi connectivity index (χ2n) is 11.8. The second-order valence-corrected chi connectivity index (χ2v) is 11.8. The van der Waals surface area contributed by atoms with Crippen molar-refractivity contribution in [2.45, 2.75) is 112 Å². The fourth-order valence-corrected chi connectivity index (χ4v) is 2.70. The molecule has 2 atom stereocenters. The lowest BCUT2D eigenvalue weighted by atomic mass is 9.97. The van der Waals surface area contributed by atoms with Crippen molar-refractivity contribution >= 4 is 24.2 Å². The van der Waals surface area contributed by atoms with Crippen LogP contribution in [0.2, 0.25) is 0 Å². The highest BCUT2D eigenvalue weighted by Gasteiger charge is 2.28. The molecule has 11 heteroatoms. The van der Waals surface area contributed by atoms with Gasteiger partial charge in [-0.05, 0) is 92.3 Å². The lowest BCUT2D eigenvalue weighted by molar-refractivity contribution is -0.165. The average molecular weight is 568 g/mol. The normalized spacial score (nSPS) is 13.5. The first-order valence-electron chi connectivity index (χ1n) is 13.4. The minimum atomic E-state index is -1.08. The summed E-state index contributed by atoms with van der Waals surface area (Å²) in [5.74, 6) is -1.34. The maximum absolute atomic E-state index is 12.5. The average Bonchev–Trinajstić information content (AvgIpc) is 2.82. The molecule has 226 valence electrons. The molecule has 0 aliphatic rings. The minimum Gasteiger partial charge on any atom is -0.461 e. The van der Waals surface area contributed by atoms with Crippen molar-refractivity contribution in [3.8, 4) is 11.5 Å². The number of benzene rings is 1. The summed E-state index contributed by atoms with van der Waals surface area (Å²) in [6.07, 6.45) is -1.54. The standard InChI is InChI=1S/C29H45NO10/c1-11-28(7,8)39-25(33)37-21-14-13-19(16-22(21)38-26(34)40-29(9,10)12-2)15-20(30)23(31)35-17-18(3)36-24(32)27(4,5)6/h13-14,16,18,20H,11-12,15,17,30H2,1-10H3/t18?,20-/m0/s1. The van der Waals surface area contributed by atoms with Gasteiger partial charge < -0.3 is 34.2 Å². The Kier molecular flexibility index (Phi) is 12.4. The van der Waals surface area contributed by atoms with Crippen molar-refractivity contribution in [2.24, 2.45) is 11.1 Å². The molecule has 0 saturated heterocycles. The molecular weight excluding hydrogens is 522 g/mol. The Bertz CT molecular complexity index is 1040. The summed E-state index contributed by atoms with van der Waals surface area (Å²) < 4.78 is 31.8. The fraction of sp³-hybridized carbons (Fsp3) is 0.655. The second kappa shape index (κ2) is 14.3. The van der Waals surface area contributed by atoms with Crippen LogP contribution >= 0.6 is 0 Å². The molecule has 0 amide bonds. The van der Waals surface area contributed by atoms with E-state index in [2.05, 4.69) is 0 Å². The maximum Gasteiger partial charge on any atom is 0.514 e. The Morgan fingerprint density at radius 1 is 0.825 bits per heavy atom. The van der Waals surface area contributed by atoms with E-state index in [1.54, 1.807) is 61.5 Å². The lowest BCUT2D eigenvalue weighted by Gasteiger charge is -2.24. The number of ether oxygens (including phenoxy) is 6. The molecule has 0 saturated carbocycles. The molecule has 0 radical (unpaired) electrons. The molecular formula is C29H45NO10. The molecule has 1 unspecified atom stereocenters. The van der Waals surface area contributed by atoms with E-state index in [1.165, 1.54) is 12.1 Å². The smallest absolute Gasteiger partial charge is 0.461 e. The molecule has 0 heterocycles. The molecule has 0 aliphatic heterocycles. The Hall–Kier alpha value is -3.34. The summed E-state index contributed by atoms with van der Waals surface area (Å²) in [5, 5.41) is 0. The SMILES string of the molecule is CCC(C)(C)OC(=O)Oc1ccc(C[C@H](N)C(=O)OCC(C)OC(=O)C(C)(C)C)cc1OC(=O)OC(C)(C)CC. The zero-order valence-electron chi connectivity index (χ0n) is 25.4. The van der Waals surface area contributed by atoms with Crippen molar-refractivity contribution in [1.82, 2.24) is 0 Å². The Balaban J connectivity index is 3.00. The van der Waals surface area contributed by atoms with Gasteiger partial charge in [0.2, 0.25) is 0 Å². The van der Waals surface area contributed by atoms with E-state index >= 15 is 0 Å².